The van der Waals surface area contributed by atoms with Crippen LogP contribution >= 0.6 is 0 Å². The Labute approximate surface area is 184 Å². The largest absolute Gasteiger partial charge is 0.435 e. The van der Waals surface area contributed by atoms with Gasteiger partial charge in [0, 0.05) is 18.5 Å². The molecule has 0 bridgehead atoms. The van der Waals surface area contributed by atoms with Gasteiger partial charge in [0.2, 0.25) is 0 Å². The lowest BCUT2D eigenvalue weighted by atomic mass is 10.2. The van der Waals surface area contributed by atoms with E-state index in [2.05, 4.69) is 30.5 Å². The van der Waals surface area contributed by atoms with Crippen LogP contribution in [0.3, 0.4) is 0 Å². The average Bonchev–Trinajstić information content (AvgIpc) is 3.46. The van der Waals surface area contributed by atoms with E-state index in [1.165, 1.54) is 35.5 Å². The Morgan fingerprint density at radius 2 is 1.79 bits per heavy atom. The van der Waals surface area contributed by atoms with E-state index in [-0.39, 0.29) is 17.3 Å². The summed E-state index contributed by atoms with van der Waals surface area (Å²) >= 11 is 0. The molecule has 0 spiro atoms. The van der Waals surface area contributed by atoms with Crippen molar-refractivity contribution in [1.29, 1.82) is 0 Å². The van der Waals surface area contributed by atoms with Gasteiger partial charge in [0.15, 0.2) is 11.5 Å². The number of amides is 1. The summed E-state index contributed by atoms with van der Waals surface area (Å²) in [6, 6.07) is 6.09. The van der Waals surface area contributed by atoms with Gasteiger partial charge in [-0.15, -0.1) is 0 Å². The SMILES string of the molecule is CCC(NC(=O)c1cc(C(F)(F)F)nn1-c1ccc(F)cc1)c1ncnn1-c1ncccn1. The van der Waals surface area contributed by atoms with E-state index in [1.807, 2.05) is 0 Å². The number of alkyl halides is 3. The van der Waals surface area contributed by atoms with Crippen molar-refractivity contribution >= 4 is 5.91 Å². The highest BCUT2D eigenvalue weighted by atomic mass is 19.4. The summed E-state index contributed by atoms with van der Waals surface area (Å²) in [4.78, 5) is 25.4. The first-order valence-corrected chi connectivity index (χ1v) is 9.69. The van der Waals surface area contributed by atoms with Gasteiger partial charge in [-0.1, -0.05) is 6.92 Å². The highest BCUT2D eigenvalue weighted by Gasteiger charge is 2.36. The first kappa shape index (κ1) is 22.0. The van der Waals surface area contributed by atoms with Crippen molar-refractivity contribution in [2.24, 2.45) is 0 Å². The lowest BCUT2D eigenvalue weighted by molar-refractivity contribution is -0.141. The molecule has 0 saturated heterocycles. The Morgan fingerprint density at radius 1 is 1.09 bits per heavy atom. The lowest BCUT2D eigenvalue weighted by Gasteiger charge is -2.17. The van der Waals surface area contributed by atoms with Gasteiger partial charge in [0.25, 0.3) is 11.9 Å². The molecule has 13 heteroatoms. The molecule has 1 aromatic carbocycles. The second-order valence-electron chi connectivity index (χ2n) is 6.81. The Bertz CT molecular complexity index is 1250. The van der Waals surface area contributed by atoms with Gasteiger partial charge in [-0.3, -0.25) is 4.79 Å². The standard InChI is InChI=1S/C20H16F4N8O/c1-2-14(17-27-11-28-32(17)19-25-8-3-9-26-19)29-18(33)15-10-16(20(22,23)24)30-31(15)13-6-4-12(21)5-7-13/h3-11,14H,2H2,1H3,(H,29,33). The number of halogens is 4. The van der Waals surface area contributed by atoms with Crippen molar-refractivity contribution in [3.8, 4) is 11.6 Å². The van der Waals surface area contributed by atoms with E-state index in [0.717, 1.165) is 16.8 Å². The van der Waals surface area contributed by atoms with Crippen LogP contribution in [0.2, 0.25) is 0 Å². The molecule has 33 heavy (non-hydrogen) atoms. The summed E-state index contributed by atoms with van der Waals surface area (Å²) in [5.74, 6) is -0.909. The van der Waals surface area contributed by atoms with Crippen LogP contribution in [0.1, 0.15) is 41.4 Å². The zero-order valence-electron chi connectivity index (χ0n) is 17.0. The minimum atomic E-state index is -4.78. The normalized spacial score (nSPS) is 12.5. The summed E-state index contributed by atoms with van der Waals surface area (Å²) in [6.07, 6.45) is -0.172. The number of carbonyl (C=O) groups is 1. The summed E-state index contributed by atoms with van der Waals surface area (Å²) in [7, 11) is 0. The van der Waals surface area contributed by atoms with Crippen molar-refractivity contribution in [1.82, 2.24) is 39.8 Å². The number of hydrogen-bond acceptors (Lipinski definition) is 6. The predicted octanol–water partition coefficient (Wildman–Crippen LogP) is 3.28. The molecule has 1 N–H and O–H groups in total. The fraction of sp³-hybridized carbons (Fsp3) is 0.200. The molecular weight excluding hydrogens is 444 g/mol. The molecule has 3 aromatic heterocycles. The minimum Gasteiger partial charge on any atom is -0.341 e. The van der Waals surface area contributed by atoms with Crippen LogP contribution in [0.5, 0.6) is 0 Å². The smallest absolute Gasteiger partial charge is 0.341 e. The van der Waals surface area contributed by atoms with E-state index in [1.54, 1.807) is 13.0 Å². The van der Waals surface area contributed by atoms with Gasteiger partial charge in [-0.25, -0.2) is 24.0 Å². The summed E-state index contributed by atoms with van der Waals surface area (Å²) < 4.78 is 55.4. The molecule has 3 heterocycles. The molecule has 0 aliphatic carbocycles. The second kappa shape index (κ2) is 8.76. The van der Waals surface area contributed by atoms with Gasteiger partial charge < -0.3 is 5.32 Å². The molecule has 1 unspecified atom stereocenters. The maximum atomic E-state index is 13.3. The maximum absolute atomic E-state index is 13.3. The average molecular weight is 460 g/mol. The third kappa shape index (κ3) is 4.56. The lowest BCUT2D eigenvalue weighted by Crippen LogP contribution is -2.32. The van der Waals surface area contributed by atoms with E-state index >= 15 is 0 Å². The minimum absolute atomic E-state index is 0.0888. The van der Waals surface area contributed by atoms with Crippen LogP contribution in [0.4, 0.5) is 17.6 Å². The van der Waals surface area contributed by atoms with Crippen molar-refractivity contribution in [2.75, 3.05) is 0 Å². The van der Waals surface area contributed by atoms with Crippen molar-refractivity contribution in [2.45, 2.75) is 25.6 Å². The molecule has 0 fully saturated rings. The Balaban J connectivity index is 1.69. The highest BCUT2D eigenvalue weighted by Crippen LogP contribution is 2.30. The van der Waals surface area contributed by atoms with Crippen molar-refractivity contribution < 1.29 is 22.4 Å². The summed E-state index contributed by atoms with van der Waals surface area (Å²) in [5, 5.41) is 10.3. The molecular formula is C20H16F4N8O. The fourth-order valence-electron chi connectivity index (χ4n) is 3.08. The van der Waals surface area contributed by atoms with Crippen LogP contribution in [0.15, 0.2) is 55.1 Å². The molecule has 9 nitrogen and oxygen atoms in total. The number of benzene rings is 1. The zero-order valence-corrected chi connectivity index (χ0v) is 17.0. The molecule has 0 aliphatic heterocycles. The van der Waals surface area contributed by atoms with E-state index in [9.17, 15) is 22.4 Å². The molecule has 1 atom stereocenters. The quantitative estimate of drug-likeness (QED) is 0.443. The van der Waals surface area contributed by atoms with Crippen LogP contribution in [0.25, 0.3) is 11.6 Å². The van der Waals surface area contributed by atoms with E-state index < -0.39 is 29.6 Å². The molecule has 170 valence electrons. The van der Waals surface area contributed by atoms with Gasteiger partial charge in [0.05, 0.1) is 11.7 Å². The number of aromatic nitrogens is 7. The molecule has 1 amide bonds. The molecule has 4 aromatic rings. The number of rotatable bonds is 6. The van der Waals surface area contributed by atoms with Crippen molar-refractivity contribution in [3.05, 3.63) is 78.1 Å². The first-order chi connectivity index (χ1) is 15.8. The van der Waals surface area contributed by atoms with E-state index in [4.69, 9.17) is 0 Å². The van der Waals surface area contributed by atoms with Gasteiger partial charge >= 0.3 is 6.18 Å². The summed E-state index contributed by atoms with van der Waals surface area (Å²) in [5.41, 5.74) is -1.55. The third-order valence-corrected chi connectivity index (χ3v) is 4.64. The second-order valence-corrected chi connectivity index (χ2v) is 6.81. The highest BCUT2D eigenvalue weighted by molar-refractivity contribution is 5.93. The van der Waals surface area contributed by atoms with Crippen LogP contribution in [-0.4, -0.2) is 40.4 Å². The number of hydrogen-bond donors (Lipinski definition) is 1. The Kier molecular flexibility index (Phi) is 5.85. The van der Waals surface area contributed by atoms with E-state index in [0.29, 0.717) is 18.3 Å². The maximum Gasteiger partial charge on any atom is 0.435 e. The van der Waals surface area contributed by atoms with Crippen LogP contribution < -0.4 is 5.32 Å². The Hall–Kier alpha value is -4.16. The van der Waals surface area contributed by atoms with Crippen molar-refractivity contribution in [3.63, 3.8) is 0 Å². The van der Waals surface area contributed by atoms with Crippen LogP contribution in [-0.2, 0) is 6.18 Å². The number of nitrogens with one attached hydrogen (secondary N) is 1. The predicted molar refractivity (Wildman–Crippen MR) is 106 cm³/mol. The Morgan fingerprint density at radius 3 is 2.42 bits per heavy atom. The van der Waals surface area contributed by atoms with Gasteiger partial charge in [-0.2, -0.15) is 28.1 Å². The number of carbonyl (C=O) groups excluding carboxylic acids is 1. The van der Waals surface area contributed by atoms with Gasteiger partial charge in [-0.05, 0) is 36.8 Å². The zero-order chi connectivity index (χ0) is 23.6. The topological polar surface area (TPSA) is 103 Å². The monoisotopic (exact) mass is 460 g/mol. The molecule has 0 saturated carbocycles. The molecule has 4 rings (SSSR count). The molecule has 0 radical (unpaired) electrons. The first-order valence-electron chi connectivity index (χ1n) is 9.69. The number of nitrogens with zero attached hydrogens (tertiary/aromatic N) is 7. The van der Waals surface area contributed by atoms with Crippen LogP contribution in [0, 0.1) is 5.82 Å². The van der Waals surface area contributed by atoms with Gasteiger partial charge in [0.1, 0.15) is 17.8 Å². The summed E-state index contributed by atoms with van der Waals surface area (Å²) in [6.45, 7) is 1.76. The fourth-order valence-corrected chi connectivity index (χ4v) is 3.08. The third-order valence-electron chi connectivity index (χ3n) is 4.64. The molecule has 0 aliphatic rings.